The first-order chi connectivity index (χ1) is 8.24. The minimum atomic E-state index is 0.763. The SMILES string of the molecule is CC(C)Cc1ccc(CC2CCCCC2)cc1. The van der Waals surface area contributed by atoms with Crippen LogP contribution >= 0.6 is 0 Å². The van der Waals surface area contributed by atoms with Gasteiger partial charge in [-0.15, -0.1) is 0 Å². The number of hydrogen-bond acceptors (Lipinski definition) is 0. The molecule has 0 heterocycles. The lowest BCUT2D eigenvalue weighted by atomic mass is 9.84. The minimum absolute atomic E-state index is 0.763. The van der Waals surface area contributed by atoms with Gasteiger partial charge in [0.05, 0.1) is 0 Å². The first-order valence-corrected chi connectivity index (χ1v) is 7.32. The van der Waals surface area contributed by atoms with Gasteiger partial charge in [0.1, 0.15) is 0 Å². The molecule has 1 aliphatic rings. The third-order valence-electron chi connectivity index (χ3n) is 3.92. The predicted molar refractivity (Wildman–Crippen MR) is 75.3 cm³/mol. The molecule has 17 heavy (non-hydrogen) atoms. The summed E-state index contributed by atoms with van der Waals surface area (Å²) in [4.78, 5) is 0. The Morgan fingerprint density at radius 2 is 1.53 bits per heavy atom. The molecule has 1 saturated carbocycles. The molecule has 0 unspecified atom stereocenters. The van der Waals surface area contributed by atoms with E-state index in [1.165, 1.54) is 50.5 Å². The summed E-state index contributed by atoms with van der Waals surface area (Å²) in [5, 5.41) is 0. The monoisotopic (exact) mass is 230 g/mol. The molecule has 0 radical (unpaired) electrons. The third kappa shape index (κ3) is 4.18. The fourth-order valence-electron chi connectivity index (χ4n) is 3.01. The number of rotatable bonds is 4. The maximum atomic E-state index is 2.35. The molecule has 0 saturated heterocycles. The van der Waals surface area contributed by atoms with Crippen LogP contribution in [0.25, 0.3) is 0 Å². The van der Waals surface area contributed by atoms with Gasteiger partial charge in [0.15, 0.2) is 0 Å². The summed E-state index contributed by atoms with van der Waals surface area (Å²) in [6.45, 7) is 4.58. The average molecular weight is 230 g/mol. The molecule has 1 aromatic carbocycles. The van der Waals surface area contributed by atoms with Crippen LogP contribution in [-0.2, 0) is 12.8 Å². The van der Waals surface area contributed by atoms with Gasteiger partial charge in [-0.25, -0.2) is 0 Å². The van der Waals surface area contributed by atoms with Gasteiger partial charge in [-0.2, -0.15) is 0 Å². The molecule has 1 aliphatic carbocycles. The van der Waals surface area contributed by atoms with Crippen molar-refractivity contribution in [1.29, 1.82) is 0 Å². The molecule has 94 valence electrons. The van der Waals surface area contributed by atoms with E-state index in [2.05, 4.69) is 38.1 Å². The van der Waals surface area contributed by atoms with Crippen LogP contribution in [0.1, 0.15) is 57.1 Å². The quantitative estimate of drug-likeness (QED) is 0.682. The van der Waals surface area contributed by atoms with Crippen molar-refractivity contribution in [2.24, 2.45) is 11.8 Å². The summed E-state index contributed by atoms with van der Waals surface area (Å²) in [6, 6.07) is 9.37. The third-order valence-corrected chi connectivity index (χ3v) is 3.92. The van der Waals surface area contributed by atoms with E-state index in [1.54, 1.807) is 5.56 Å². The molecule has 0 nitrogen and oxygen atoms in total. The first-order valence-electron chi connectivity index (χ1n) is 7.32. The summed E-state index contributed by atoms with van der Waals surface area (Å²) >= 11 is 0. The second-order valence-corrected chi connectivity index (χ2v) is 6.12. The first kappa shape index (κ1) is 12.7. The van der Waals surface area contributed by atoms with Crippen molar-refractivity contribution in [3.8, 4) is 0 Å². The maximum Gasteiger partial charge on any atom is -0.0250 e. The van der Waals surface area contributed by atoms with E-state index in [0.717, 1.165) is 11.8 Å². The van der Waals surface area contributed by atoms with Gasteiger partial charge in [0.25, 0.3) is 0 Å². The van der Waals surface area contributed by atoms with Crippen molar-refractivity contribution in [3.63, 3.8) is 0 Å². The van der Waals surface area contributed by atoms with Crippen molar-refractivity contribution in [2.75, 3.05) is 0 Å². The molecule has 0 amide bonds. The Bertz CT molecular complexity index is 314. The van der Waals surface area contributed by atoms with Gasteiger partial charge in [-0.05, 0) is 35.8 Å². The van der Waals surface area contributed by atoms with Crippen LogP contribution in [0.2, 0.25) is 0 Å². The zero-order valence-electron chi connectivity index (χ0n) is 11.4. The van der Waals surface area contributed by atoms with Crippen molar-refractivity contribution >= 4 is 0 Å². The van der Waals surface area contributed by atoms with Gasteiger partial charge in [-0.1, -0.05) is 70.2 Å². The summed E-state index contributed by atoms with van der Waals surface area (Å²) < 4.78 is 0. The molecule has 0 aliphatic heterocycles. The van der Waals surface area contributed by atoms with E-state index in [9.17, 15) is 0 Å². The van der Waals surface area contributed by atoms with Crippen molar-refractivity contribution in [2.45, 2.75) is 58.8 Å². The second-order valence-electron chi connectivity index (χ2n) is 6.12. The number of hydrogen-bond donors (Lipinski definition) is 0. The maximum absolute atomic E-state index is 2.35. The lowest BCUT2D eigenvalue weighted by Gasteiger charge is -2.21. The highest BCUT2D eigenvalue weighted by Crippen LogP contribution is 2.26. The van der Waals surface area contributed by atoms with E-state index in [0.29, 0.717) is 0 Å². The van der Waals surface area contributed by atoms with E-state index >= 15 is 0 Å². The fraction of sp³-hybridized carbons (Fsp3) is 0.647. The van der Waals surface area contributed by atoms with Crippen LogP contribution < -0.4 is 0 Å². The summed E-state index contributed by atoms with van der Waals surface area (Å²) in [5.41, 5.74) is 3.04. The van der Waals surface area contributed by atoms with Gasteiger partial charge in [-0.3, -0.25) is 0 Å². The zero-order valence-corrected chi connectivity index (χ0v) is 11.4. The lowest BCUT2D eigenvalue weighted by Crippen LogP contribution is -2.09. The van der Waals surface area contributed by atoms with Crippen LogP contribution in [-0.4, -0.2) is 0 Å². The molecule has 0 N–H and O–H groups in total. The van der Waals surface area contributed by atoms with Crippen molar-refractivity contribution in [3.05, 3.63) is 35.4 Å². The van der Waals surface area contributed by atoms with E-state index < -0.39 is 0 Å². The van der Waals surface area contributed by atoms with Crippen LogP contribution in [0.4, 0.5) is 0 Å². The second kappa shape index (κ2) is 6.23. The van der Waals surface area contributed by atoms with Crippen molar-refractivity contribution < 1.29 is 0 Å². The Labute approximate surface area is 106 Å². The highest BCUT2D eigenvalue weighted by molar-refractivity contribution is 5.23. The Morgan fingerprint density at radius 1 is 0.941 bits per heavy atom. The molecule has 2 rings (SSSR count). The van der Waals surface area contributed by atoms with Gasteiger partial charge >= 0.3 is 0 Å². The summed E-state index contributed by atoms with van der Waals surface area (Å²) in [7, 11) is 0. The Morgan fingerprint density at radius 3 is 2.12 bits per heavy atom. The smallest absolute Gasteiger partial charge is 0.0250 e. The highest BCUT2D eigenvalue weighted by atomic mass is 14.2. The fourth-order valence-corrected chi connectivity index (χ4v) is 3.01. The normalized spacial score (nSPS) is 17.6. The van der Waals surface area contributed by atoms with E-state index in [1.807, 2.05) is 0 Å². The molecule has 0 atom stereocenters. The van der Waals surface area contributed by atoms with Crippen molar-refractivity contribution in [1.82, 2.24) is 0 Å². The zero-order chi connectivity index (χ0) is 12.1. The lowest BCUT2D eigenvalue weighted by molar-refractivity contribution is 0.356. The van der Waals surface area contributed by atoms with Gasteiger partial charge < -0.3 is 0 Å². The molecule has 1 fully saturated rings. The molecule has 1 aromatic rings. The van der Waals surface area contributed by atoms with Crippen LogP contribution in [0.5, 0.6) is 0 Å². The molecular weight excluding hydrogens is 204 g/mol. The van der Waals surface area contributed by atoms with Crippen LogP contribution in [0.3, 0.4) is 0 Å². The number of benzene rings is 1. The van der Waals surface area contributed by atoms with Gasteiger partial charge in [0.2, 0.25) is 0 Å². The van der Waals surface area contributed by atoms with Crippen LogP contribution in [0, 0.1) is 11.8 Å². The average Bonchev–Trinajstić information content (AvgIpc) is 2.32. The highest BCUT2D eigenvalue weighted by Gasteiger charge is 2.13. The molecule has 0 heteroatoms. The Balaban J connectivity index is 1.88. The molecule has 0 aromatic heterocycles. The predicted octanol–water partition coefficient (Wildman–Crippen LogP) is 5.01. The minimum Gasteiger partial charge on any atom is -0.0625 e. The molecule has 0 spiro atoms. The molecular formula is C17H26. The van der Waals surface area contributed by atoms with E-state index in [4.69, 9.17) is 0 Å². The standard InChI is InChI=1S/C17H26/c1-14(2)12-16-8-10-17(11-9-16)13-15-6-4-3-5-7-15/h8-11,14-15H,3-7,12-13H2,1-2H3. The largest absolute Gasteiger partial charge is 0.0625 e. The molecule has 0 bridgehead atoms. The summed E-state index contributed by atoms with van der Waals surface area (Å²) in [5.74, 6) is 1.72. The summed E-state index contributed by atoms with van der Waals surface area (Å²) in [6.07, 6.45) is 9.79. The topological polar surface area (TPSA) is 0 Å². The Kier molecular flexibility index (Phi) is 4.65. The van der Waals surface area contributed by atoms with Crippen LogP contribution in [0.15, 0.2) is 24.3 Å². The van der Waals surface area contributed by atoms with Gasteiger partial charge in [0, 0.05) is 0 Å². The Hall–Kier alpha value is -0.780. The van der Waals surface area contributed by atoms with E-state index in [-0.39, 0.29) is 0 Å².